The average molecular weight is 227 g/mol. The molecule has 0 aromatic carbocycles. The van der Waals surface area contributed by atoms with Crippen molar-refractivity contribution >= 4 is 23.1 Å². The number of nitrogens with zero attached hydrogens (tertiary/aromatic N) is 1. The maximum Gasteiger partial charge on any atom is 0.262 e. The number of thiophene rings is 1. The molecule has 4 N–H and O–H groups in total. The molecule has 0 aliphatic rings. The van der Waals surface area contributed by atoms with Gasteiger partial charge in [-0.25, -0.2) is 0 Å². The van der Waals surface area contributed by atoms with Crippen LogP contribution in [0.25, 0.3) is 0 Å². The molecule has 0 saturated heterocycles. The SMILES string of the molecule is Cc1ccsc1C(=O)NC(C)/C(N)=N/O. The van der Waals surface area contributed by atoms with Crippen LogP contribution in [0, 0.1) is 6.92 Å². The lowest BCUT2D eigenvalue weighted by Gasteiger charge is -2.11. The van der Waals surface area contributed by atoms with Crippen molar-refractivity contribution in [3.05, 3.63) is 21.9 Å². The lowest BCUT2D eigenvalue weighted by Crippen LogP contribution is -2.42. The van der Waals surface area contributed by atoms with Crippen LogP contribution in [0.4, 0.5) is 0 Å². The van der Waals surface area contributed by atoms with Crippen molar-refractivity contribution in [2.45, 2.75) is 19.9 Å². The second-order valence-electron chi connectivity index (χ2n) is 3.15. The Morgan fingerprint density at radius 1 is 1.73 bits per heavy atom. The maximum absolute atomic E-state index is 11.7. The van der Waals surface area contributed by atoms with Crippen molar-refractivity contribution in [1.82, 2.24) is 5.32 Å². The van der Waals surface area contributed by atoms with Gasteiger partial charge >= 0.3 is 0 Å². The molecule has 6 heteroatoms. The molecule has 1 rings (SSSR count). The fourth-order valence-corrected chi connectivity index (χ4v) is 1.86. The summed E-state index contributed by atoms with van der Waals surface area (Å²) in [6.07, 6.45) is 0. The zero-order valence-corrected chi connectivity index (χ0v) is 9.34. The molecule has 5 nitrogen and oxygen atoms in total. The first-order valence-electron chi connectivity index (χ1n) is 4.38. The van der Waals surface area contributed by atoms with Crippen LogP contribution in [0.3, 0.4) is 0 Å². The summed E-state index contributed by atoms with van der Waals surface area (Å²) in [6, 6.07) is 1.39. The van der Waals surface area contributed by atoms with Gasteiger partial charge < -0.3 is 16.3 Å². The van der Waals surface area contributed by atoms with E-state index in [0.717, 1.165) is 5.56 Å². The summed E-state index contributed by atoms with van der Waals surface area (Å²) in [5.74, 6) is -0.223. The van der Waals surface area contributed by atoms with Gasteiger partial charge in [0.1, 0.15) is 0 Å². The highest BCUT2D eigenvalue weighted by molar-refractivity contribution is 7.12. The van der Waals surface area contributed by atoms with Gasteiger partial charge in [0.25, 0.3) is 5.91 Å². The molecular formula is C9H13N3O2S. The van der Waals surface area contributed by atoms with Crippen molar-refractivity contribution in [3.63, 3.8) is 0 Å². The van der Waals surface area contributed by atoms with Crippen molar-refractivity contribution in [1.29, 1.82) is 0 Å². The second-order valence-corrected chi connectivity index (χ2v) is 4.07. The Balaban J connectivity index is 2.69. The minimum atomic E-state index is -0.482. The highest BCUT2D eigenvalue weighted by Gasteiger charge is 2.15. The van der Waals surface area contributed by atoms with Gasteiger partial charge in [0.2, 0.25) is 0 Å². The molecule has 0 aliphatic heterocycles. The molecule has 0 bridgehead atoms. The van der Waals surface area contributed by atoms with Gasteiger partial charge in [-0.1, -0.05) is 5.16 Å². The number of carbonyl (C=O) groups is 1. The number of hydrogen-bond acceptors (Lipinski definition) is 4. The van der Waals surface area contributed by atoms with E-state index in [1.165, 1.54) is 11.3 Å². The molecule has 0 fully saturated rings. The molecule has 1 aromatic rings. The summed E-state index contributed by atoms with van der Waals surface area (Å²) >= 11 is 1.36. The third-order valence-corrected chi connectivity index (χ3v) is 2.99. The summed E-state index contributed by atoms with van der Waals surface area (Å²) in [4.78, 5) is 12.3. The Kier molecular flexibility index (Phi) is 3.68. The van der Waals surface area contributed by atoms with Crippen molar-refractivity contribution in [3.8, 4) is 0 Å². The summed E-state index contributed by atoms with van der Waals surface area (Å²) < 4.78 is 0. The molecule has 0 radical (unpaired) electrons. The van der Waals surface area contributed by atoms with E-state index in [4.69, 9.17) is 10.9 Å². The van der Waals surface area contributed by atoms with E-state index >= 15 is 0 Å². The molecule has 0 aliphatic carbocycles. The lowest BCUT2D eigenvalue weighted by atomic mass is 10.2. The molecule has 1 aromatic heterocycles. The number of amides is 1. The summed E-state index contributed by atoms with van der Waals surface area (Å²) in [5.41, 5.74) is 6.27. The fraction of sp³-hybridized carbons (Fsp3) is 0.333. The molecule has 0 spiro atoms. The summed E-state index contributed by atoms with van der Waals surface area (Å²) in [5, 5.41) is 15.7. The fourth-order valence-electron chi connectivity index (χ4n) is 1.03. The van der Waals surface area contributed by atoms with Gasteiger partial charge in [-0.2, -0.15) is 0 Å². The van der Waals surface area contributed by atoms with E-state index in [9.17, 15) is 4.79 Å². The first kappa shape index (κ1) is 11.5. The van der Waals surface area contributed by atoms with Gasteiger partial charge in [0.15, 0.2) is 5.84 Å². The smallest absolute Gasteiger partial charge is 0.262 e. The van der Waals surface area contributed by atoms with Crippen molar-refractivity contribution in [2.75, 3.05) is 0 Å². The number of hydrogen-bond donors (Lipinski definition) is 3. The summed E-state index contributed by atoms with van der Waals surface area (Å²) in [7, 11) is 0. The Morgan fingerprint density at radius 3 is 2.87 bits per heavy atom. The van der Waals surface area contributed by atoms with Crippen LogP contribution in [0.2, 0.25) is 0 Å². The van der Waals surface area contributed by atoms with E-state index in [1.54, 1.807) is 6.92 Å². The standard InChI is InChI=1S/C9H13N3O2S/c1-5-3-4-15-7(5)9(13)11-6(2)8(10)12-14/h3-4,6,14H,1-2H3,(H2,10,12)(H,11,13). The molecular weight excluding hydrogens is 214 g/mol. The molecule has 15 heavy (non-hydrogen) atoms. The topological polar surface area (TPSA) is 87.7 Å². The van der Waals surface area contributed by atoms with E-state index in [-0.39, 0.29) is 11.7 Å². The molecule has 1 unspecified atom stereocenters. The molecule has 1 atom stereocenters. The highest BCUT2D eigenvalue weighted by atomic mass is 32.1. The van der Waals surface area contributed by atoms with Crippen molar-refractivity contribution < 1.29 is 10.0 Å². The van der Waals surface area contributed by atoms with Crippen LogP contribution in [0.1, 0.15) is 22.2 Å². The predicted octanol–water partition coefficient (Wildman–Crippen LogP) is 0.921. The Bertz CT molecular complexity index is 386. The van der Waals surface area contributed by atoms with Crippen LogP contribution in [0.5, 0.6) is 0 Å². The number of aryl methyl sites for hydroxylation is 1. The van der Waals surface area contributed by atoms with E-state index < -0.39 is 6.04 Å². The minimum absolute atomic E-state index is 0.0161. The Labute approximate surface area is 91.6 Å². The van der Waals surface area contributed by atoms with Gasteiger partial charge in [-0.15, -0.1) is 11.3 Å². The van der Waals surface area contributed by atoms with Gasteiger partial charge in [-0.3, -0.25) is 4.79 Å². The average Bonchev–Trinajstić information content (AvgIpc) is 2.63. The van der Waals surface area contributed by atoms with Gasteiger partial charge in [0.05, 0.1) is 10.9 Å². The largest absolute Gasteiger partial charge is 0.409 e. The lowest BCUT2D eigenvalue weighted by molar-refractivity contribution is 0.0952. The first-order valence-corrected chi connectivity index (χ1v) is 5.26. The van der Waals surface area contributed by atoms with Crippen LogP contribution in [0.15, 0.2) is 16.6 Å². The highest BCUT2D eigenvalue weighted by Crippen LogP contribution is 2.15. The number of oxime groups is 1. The number of nitrogens with one attached hydrogen (secondary N) is 1. The third-order valence-electron chi connectivity index (χ3n) is 1.98. The first-order chi connectivity index (χ1) is 7.06. The van der Waals surface area contributed by atoms with Gasteiger partial charge in [-0.05, 0) is 30.9 Å². The normalized spacial score (nSPS) is 13.6. The Hall–Kier alpha value is -1.56. The van der Waals surface area contributed by atoms with E-state index in [2.05, 4.69) is 10.5 Å². The molecule has 1 heterocycles. The summed E-state index contributed by atoms with van der Waals surface area (Å²) in [6.45, 7) is 3.51. The van der Waals surface area contributed by atoms with E-state index in [1.807, 2.05) is 18.4 Å². The Morgan fingerprint density at radius 2 is 2.40 bits per heavy atom. The number of nitrogens with two attached hydrogens (primary N) is 1. The zero-order valence-electron chi connectivity index (χ0n) is 8.52. The number of rotatable bonds is 3. The predicted molar refractivity (Wildman–Crippen MR) is 59.4 cm³/mol. The van der Waals surface area contributed by atoms with Crippen LogP contribution in [-0.4, -0.2) is 23.0 Å². The third kappa shape index (κ3) is 2.69. The number of amidine groups is 1. The molecule has 1 amide bonds. The van der Waals surface area contributed by atoms with E-state index in [0.29, 0.717) is 4.88 Å². The molecule has 82 valence electrons. The van der Waals surface area contributed by atoms with Crippen LogP contribution in [-0.2, 0) is 0 Å². The second kappa shape index (κ2) is 4.79. The van der Waals surface area contributed by atoms with Crippen LogP contribution < -0.4 is 11.1 Å². The van der Waals surface area contributed by atoms with Crippen LogP contribution >= 0.6 is 11.3 Å². The number of carbonyl (C=O) groups excluding carboxylic acids is 1. The molecule has 0 saturated carbocycles. The van der Waals surface area contributed by atoms with Crippen molar-refractivity contribution in [2.24, 2.45) is 10.9 Å². The minimum Gasteiger partial charge on any atom is -0.409 e. The maximum atomic E-state index is 11.7. The monoisotopic (exact) mass is 227 g/mol. The zero-order chi connectivity index (χ0) is 11.4. The quantitative estimate of drug-likeness (QED) is 0.310. The van der Waals surface area contributed by atoms with Gasteiger partial charge in [0, 0.05) is 0 Å².